The van der Waals surface area contributed by atoms with Gasteiger partial charge in [-0.05, 0) is 44.4 Å². The molecule has 1 heterocycles. The molecule has 0 aliphatic carbocycles. The van der Waals surface area contributed by atoms with Crippen molar-refractivity contribution in [3.63, 3.8) is 0 Å². The monoisotopic (exact) mass is 303 g/mol. The largest absolute Gasteiger partial charge is 0.478 e. The van der Waals surface area contributed by atoms with Crippen molar-refractivity contribution in [2.45, 2.75) is 40.7 Å². The molecule has 5 heteroatoms. The van der Waals surface area contributed by atoms with E-state index in [-0.39, 0.29) is 5.91 Å². The molecule has 2 aromatic rings. The van der Waals surface area contributed by atoms with Gasteiger partial charge in [-0.1, -0.05) is 13.8 Å². The van der Waals surface area contributed by atoms with Crippen molar-refractivity contribution in [1.82, 2.24) is 15.1 Å². The Morgan fingerprint density at radius 2 is 2.14 bits per heavy atom. The van der Waals surface area contributed by atoms with Crippen LogP contribution in [0.4, 0.5) is 0 Å². The highest BCUT2D eigenvalue weighted by molar-refractivity contribution is 5.98. The lowest BCUT2D eigenvalue weighted by molar-refractivity contribution is 0.0952. The van der Waals surface area contributed by atoms with Gasteiger partial charge in [0, 0.05) is 18.7 Å². The highest BCUT2D eigenvalue weighted by atomic mass is 16.5. The maximum atomic E-state index is 12.2. The Labute approximate surface area is 131 Å². The van der Waals surface area contributed by atoms with Crippen LogP contribution in [0, 0.1) is 5.92 Å². The molecule has 5 nitrogen and oxygen atoms in total. The number of aryl methyl sites for hydroxylation is 1. The summed E-state index contributed by atoms with van der Waals surface area (Å²) in [5, 5.41) is 8.41. The third-order valence-electron chi connectivity index (χ3n) is 3.54. The van der Waals surface area contributed by atoms with Gasteiger partial charge in [0.25, 0.3) is 5.91 Å². The zero-order valence-electron chi connectivity index (χ0n) is 13.8. The number of hydrogen-bond donors (Lipinski definition) is 1. The van der Waals surface area contributed by atoms with Gasteiger partial charge in [0.2, 0.25) is 5.88 Å². The van der Waals surface area contributed by atoms with Gasteiger partial charge < -0.3 is 10.1 Å². The van der Waals surface area contributed by atoms with E-state index >= 15 is 0 Å². The summed E-state index contributed by atoms with van der Waals surface area (Å²) in [5.41, 5.74) is 1.43. The molecule has 1 aromatic heterocycles. The second kappa shape index (κ2) is 7.29. The predicted octanol–water partition coefficient (Wildman–Crippen LogP) is 3.23. The molecule has 1 N–H and O–H groups in total. The van der Waals surface area contributed by atoms with Gasteiger partial charge >= 0.3 is 0 Å². The van der Waals surface area contributed by atoms with Crippen LogP contribution in [0.3, 0.4) is 0 Å². The molecule has 0 unspecified atom stereocenters. The van der Waals surface area contributed by atoms with E-state index in [0.717, 1.165) is 29.7 Å². The van der Waals surface area contributed by atoms with E-state index in [0.29, 0.717) is 24.6 Å². The Morgan fingerprint density at radius 3 is 2.77 bits per heavy atom. The van der Waals surface area contributed by atoms with Crippen LogP contribution in [0.15, 0.2) is 18.2 Å². The topological polar surface area (TPSA) is 56.1 Å². The molecule has 0 saturated carbocycles. The molecule has 120 valence electrons. The lowest BCUT2D eigenvalue weighted by atomic mass is 10.1. The summed E-state index contributed by atoms with van der Waals surface area (Å²) in [6.45, 7) is 10.3. The van der Waals surface area contributed by atoms with E-state index in [1.165, 1.54) is 0 Å². The van der Waals surface area contributed by atoms with E-state index in [4.69, 9.17) is 4.74 Å². The number of fused-ring (bicyclic) bond motifs is 1. The number of rotatable bonds is 7. The SMILES string of the molecule is CCOc1c2ccc(C(=O)NCCC(C)C)cc2nn1CC. The van der Waals surface area contributed by atoms with Crippen LogP contribution in [0.25, 0.3) is 10.9 Å². The van der Waals surface area contributed by atoms with Gasteiger partial charge in [0.1, 0.15) is 0 Å². The molecule has 0 atom stereocenters. The molecule has 0 aliphatic heterocycles. The first-order valence-corrected chi connectivity index (χ1v) is 7.98. The highest BCUT2D eigenvalue weighted by Gasteiger charge is 2.14. The first kappa shape index (κ1) is 16.3. The number of carbonyl (C=O) groups is 1. The second-order valence-electron chi connectivity index (χ2n) is 5.72. The van der Waals surface area contributed by atoms with Gasteiger partial charge in [0.05, 0.1) is 17.5 Å². The minimum absolute atomic E-state index is 0.0495. The number of amides is 1. The van der Waals surface area contributed by atoms with Gasteiger partial charge in [-0.25, -0.2) is 4.68 Å². The lowest BCUT2D eigenvalue weighted by Crippen LogP contribution is -2.25. The van der Waals surface area contributed by atoms with E-state index in [9.17, 15) is 4.79 Å². The van der Waals surface area contributed by atoms with Crippen molar-refractivity contribution in [1.29, 1.82) is 0 Å². The predicted molar refractivity (Wildman–Crippen MR) is 88.4 cm³/mol. The first-order valence-electron chi connectivity index (χ1n) is 7.98. The van der Waals surface area contributed by atoms with Crippen LogP contribution < -0.4 is 10.1 Å². The molecular weight excluding hydrogens is 278 g/mol. The number of hydrogen-bond acceptors (Lipinski definition) is 3. The summed E-state index contributed by atoms with van der Waals surface area (Å²) in [6.07, 6.45) is 0.979. The van der Waals surface area contributed by atoms with Crippen LogP contribution in [0.5, 0.6) is 5.88 Å². The van der Waals surface area contributed by atoms with Gasteiger partial charge in [0.15, 0.2) is 0 Å². The molecule has 0 aliphatic rings. The van der Waals surface area contributed by atoms with Crippen molar-refractivity contribution in [2.75, 3.05) is 13.2 Å². The van der Waals surface area contributed by atoms with Crippen LogP contribution in [0.1, 0.15) is 44.5 Å². The van der Waals surface area contributed by atoms with E-state index in [1.807, 2.05) is 36.7 Å². The molecule has 0 fully saturated rings. The van der Waals surface area contributed by atoms with E-state index in [2.05, 4.69) is 24.3 Å². The number of nitrogens with zero attached hydrogens (tertiary/aromatic N) is 2. The van der Waals surface area contributed by atoms with Crippen LogP contribution in [0.2, 0.25) is 0 Å². The Bertz CT molecular complexity index is 647. The van der Waals surface area contributed by atoms with Crippen molar-refractivity contribution < 1.29 is 9.53 Å². The summed E-state index contributed by atoms with van der Waals surface area (Å²) in [6, 6.07) is 5.57. The summed E-state index contributed by atoms with van der Waals surface area (Å²) < 4.78 is 7.50. The van der Waals surface area contributed by atoms with Crippen molar-refractivity contribution >= 4 is 16.8 Å². The van der Waals surface area contributed by atoms with Gasteiger partial charge in [-0.3, -0.25) is 4.79 Å². The molecular formula is C17H25N3O2. The number of ether oxygens (including phenoxy) is 1. The fraction of sp³-hybridized carbons (Fsp3) is 0.529. The van der Waals surface area contributed by atoms with E-state index in [1.54, 1.807) is 0 Å². The van der Waals surface area contributed by atoms with Crippen molar-refractivity contribution in [3.8, 4) is 5.88 Å². The van der Waals surface area contributed by atoms with Crippen LogP contribution in [-0.4, -0.2) is 28.8 Å². The number of aromatic nitrogens is 2. The summed E-state index contributed by atoms with van der Waals surface area (Å²) in [7, 11) is 0. The molecule has 1 amide bonds. The zero-order valence-corrected chi connectivity index (χ0v) is 13.8. The first-order chi connectivity index (χ1) is 10.6. The molecule has 1 aromatic carbocycles. The third kappa shape index (κ3) is 3.59. The summed E-state index contributed by atoms with van der Waals surface area (Å²) >= 11 is 0. The minimum Gasteiger partial charge on any atom is -0.478 e. The molecule has 2 rings (SSSR count). The fourth-order valence-electron chi connectivity index (χ4n) is 2.33. The smallest absolute Gasteiger partial charge is 0.251 e. The van der Waals surface area contributed by atoms with Gasteiger partial charge in [-0.15, -0.1) is 0 Å². The van der Waals surface area contributed by atoms with E-state index < -0.39 is 0 Å². The second-order valence-corrected chi connectivity index (χ2v) is 5.72. The standard InChI is InChI=1S/C17H25N3O2/c1-5-20-17(22-6-2)14-8-7-13(11-15(14)19-20)16(21)18-10-9-12(3)4/h7-8,11-12H,5-6,9-10H2,1-4H3,(H,18,21). The molecule has 0 bridgehead atoms. The number of benzene rings is 1. The maximum absolute atomic E-state index is 12.2. The summed E-state index contributed by atoms with van der Waals surface area (Å²) in [4.78, 5) is 12.2. The average Bonchev–Trinajstić information content (AvgIpc) is 2.84. The van der Waals surface area contributed by atoms with Crippen LogP contribution >= 0.6 is 0 Å². The third-order valence-corrected chi connectivity index (χ3v) is 3.54. The molecule has 0 spiro atoms. The average molecular weight is 303 g/mol. The maximum Gasteiger partial charge on any atom is 0.251 e. The number of nitrogens with one attached hydrogen (secondary N) is 1. The van der Waals surface area contributed by atoms with Crippen LogP contribution in [-0.2, 0) is 6.54 Å². The van der Waals surface area contributed by atoms with Crippen molar-refractivity contribution in [2.24, 2.45) is 5.92 Å². The van der Waals surface area contributed by atoms with Crippen molar-refractivity contribution in [3.05, 3.63) is 23.8 Å². The lowest BCUT2D eigenvalue weighted by Gasteiger charge is -2.07. The normalized spacial score (nSPS) is 11.1. The zero-order chi connectivity index (χ0) is 16.1. The Kier molecular flexibility index (Phi) is 5.41. The Balaban J connectivity index is 2.21. The Hall–Kier alpha value is -2.04. The molecule has 22 heavy (non-hydrogen) atoms. The molecule has 0 radical (unpaired) electrons. The Morgan fingerprint density at radius 1 is 1.36 bits per heavy atom. The quantitative estimate of drug-likeness (QED) is 0.854. The minimum atomic E-state index is -0.0495. The summed E-state index contributed by atoms with van der Waals surface area (Å²) in [5.74, 6) is 1.30. The fourth-order valence-corrected chi connectivity index (χ4v) is 2.33. The molecule has 0 saturated heterocycles. The number of carbonyl (C=O) groups excluding carboxylic acids is 1. The van der Waals surface area contributed by atoms with Gasteiger partial charge in [-0.2, -0.15) is 5.10 Å². The highest BCUT2D eigenvalue weighted by Crippen LogP contribution is 2.26.